The first kappa shape index (κ1) is 23.9. The van der Waals surface area contributed by atoms with Crippen molar-refractivity contribution in [3.8, 4) is 23.0 Å². The van der Waals surface area contributed by atoms with Gasteiger partial charge in [-0.1, -0.05) is 56.5 Å². The van der Waals surface area contributed by atoms with Crippen LogP contribution in [0.25, 0.3) is 12.2 Å². The van der Waals surface area contributed by atoms with Gasteiger partial charge in [0.05, 0.1) is 28.4 Å². The Labute approximate surface area is 186 Å². The van der Waals surface area contributed by atoms with E-state index in [0.717, 1.165) is 28.7 Å². The summed E-state index contributed by atoms with van der Waals surface area (Å²) in [5.74, 6) is 2.96. The number of rotatable bonds is 11. The molecule has 0 unspecified atom stereocenters. The van der Waals surface area contributed by atoms with Crippen molar-refractivity contribution in [2.24, 2.45) is 5.92 Å². The number of benzene rings is 2. The molecule has 2 aromatic carbocycles. The van der Waals surface area contributed by atoms with E-state index in [1.165, 1.54) is 0 Å². The summed E-state index contributed by atoms with van der Waals surface area (Å²) in [6.07, 6.45) is 9.02. The molecule has 0 aliphatic rings. The van der Waals surface area contributed by atoms with Crippen molar-refractivity contribution in [2.45, 2.75) is 13.3 Å². The van der Waals surface area contributed by atoms with Gasteiger partial charge in [-0.3, -0.25) is 0 Å². The lowest BCUT2D eigenvalue weighted by atomic mass is 9.89. The standard InChI is InChI=1S/C27H32O4/c1-8-23(19(2)9-11-21-13-15-24(28-4)26(17-21)30-6)20(3)10-12-22-14-16-25(29-5)27(18-22)31-7/h9-18,23H,2-3,8H2,1,4-7H3/b11-9+,12-10+. The Bertz CT molecular complexity index is 892. The Morgan fingerprint density at radius 1 is 0.710 bits per heavy atom. The third-order valence-electron chi connectivity index (χ3n) is 5.10. The van der Waals surface area contributed by atoms with Gasteiger partial charge in [-0.2, -0.15) is 0 Å². The van der Waals surface area contributed by atoms with E-state index < -0.39 is 0 Å². The maximum atomic E-state index is 5.37. The van der Waals surface area contributed by atoms with Crippen LogP contribution in [0.2, 0.25) is 0 Å². The molecular weight excluding hydrogens is 388 g/mol. The number of hydrogen-bond donors (Lipinski definition) is 0. The first-order chi connectivity index (χ1) is 15.0. The highest BCUT2D eigenvalue weighted by atomic mass is 16.5. The molecular formula is C27H32O4. The first-order valence-electron chi connectivity index (χ1n) is 10.1. The number of hydrogen-bond acceptors (Lipinski definition) is 4. The lowest BCUT2D eigenvalue weighted by Gasteiger charge is -2.16. The molecule has 0 aliphatic heterocycles. The molecule has 0 aliphatic carbocycles. The molecule has 2 rings (SSSR count). The van der Waals surface area contributed by atoms with E-state index in [4.69, 9.17) is 18.9 Å². The summed E-state index contributed by atoms with van der Waals surface area (Å²) >= 11 is 0. The van der Waals surface area contributed by atoms with Gasteiger partial charge in [0.15, 0.2) is 23.0 Å². The van der Waals surface area contributed by atoms with Crippen molar-refractivity contribution in [1.29, 1.82) is 0 Å². The van der Waals surface area contributed by atoms with Crippen LogP contribution in [0, 0.1) is 5.92 Å². The number of methoxy groups -OCH3 is 4. The van der Waals surface area contributed by atoms with Gasteiger partial charge >= 0.3 is 0 Å². The zero-order chi connectivity index (χ0) is 22.8. The van der Waals surface area contributed by atoms with Crippen molar-refractivity contribution >= 4 is 12.2 Å². The Hall–Kier alpha value is -3.40. The molecule has 2 aromatic rings. The fourth-order valence-corrected chi connectivity index (χ4v) is 3.31. The molecule has 0 spiro atoms. The van der Waals surface area contributed by atoms with Gasteiger partial charge in [-0.15, -0.1) is 0 Å². The van der Waals surface area contributed by atoms with Gasteiger partial charge in [-0.25, -0.2) is 0 Å². The van der Waals surface area contributed by atoms with E-state index in [9.17, 15) is 0 Å². The average molecular weight is 421 g/mol. The third-order valence-corrected chi connectivity index (χ3v) is 5.10. The van der Waals surface area contributed by atoms with Gasteiger partial charge in [0.1, 0.15) is 0 Å². The van der Waals surface area contributed by atoms with Crippen LogP contribution in [-0.4, -0.2) is 28.4 Å². The molecule has 0 saturated carbocycles. The maximum absolute atomic E-state index is 5.37. The Balaban J connectivity index is 2.12. The maximum Gasteiger partial charge on any atom is 0.161 e. The van der Waals surface area contributed by atoms with Gasteiger partial charge in [0, 0.05) is 5.92 Å². The molecule has 0 radical (unpaired) electrons. The molecule has 0 N–H and O–H groups in total. The van der Waals surface area contributed by atoms with Crippen LogP contribution in [0.15, 0.2) is 72.9 Å². The molecule has 0 amide bonds. The quantitative estimate of drug-likeness (QED) is 0.385. The molecule has 0 atom stereocenters. The molecule has 31 heavy (non-hydrogen) atoms. The molecule has 0 heterocycles. The third kappa shape index (κ3) is 6.29. The Kier molecular flexibility index (Phi) is 9.01. The lowest BCUT2D eigenvalue weighted by molar-refractivity contribution is 0.355. The predicted molar refractivity (Wildman–Crippen MR) is 129 cm³/mol. The fraction of sp³-hybridized carbons (Fsp3) is 0.259. The zero-order valence-corrected chi connectivity index (χ0v) is 19.1. The molecule has 0 bridgehead atoms. The van der Waals surface area contributed by atoms with Crippen LogP contribution in [0.3, 0.4) is 0 Å². The van der Waals surface area contributed by atoms with Crippen molar-refractivity contribution in [1.82, 2.24) is 0 Å². The van der Waals surface area contributed by atoms with E-state index >= 15 is 0 Å². The zero-order valence-electron chi connectivity index (χ0n) is 19.1. The highest BCUT2D eigenvalue weighted by Crippen LogP contribution is 2.31. The van der Waals surface area contributed by atoms with E-state index in [0.29, 0.717) is 23.0 Å². The lowest BCUT2D eigenvalue weighted by Crippen LogP contribution is -2.02. The average Bonchev–Trinajstić information content (AvgIpc) is 2.81. The summed E-state index contributed by atoms with van der Waals surface area (Å²) in [5, 5.41) is 0. The minimum absolute atomic E-state index is 0.146. The monoisotopic (exact) mass is 420 g/mol. The minimum atomic E-state index is 0.146. The van der Waals surface area contributed by atoms with Crippen LogP contribution in [0.1, 0.15) is 24.5 Å². The molecule has 0 aromatic heterocycles. The normalized spacial score (nSPS) is 11.2. The van der Waals surface area contributed by atoms with E-state index in [1.807, 2.05) is 60.7 Å². The number of ether oxygens (including phenoxy) is 4. The van der Waals surface area contributed by atoms with Crippen LogP contribution in [0.4, 0.5) is 0 Å². The van der Waals surface area contributed by atoms with Crippen molar-refractivity contribution in [3.63, 3.8) is 0 Å². The number of allylic oxidation sites excluding steroid dienone is 4. The first-order valence-corrected chi connectivity index (χ1v) is 10.1. The summed E-state index contributed by atoms with van der Waals surface area (Å²) in [5.41, 5.74) is 4.03. The van der Waals surface area contributed by atoms with Crippen LogP contribution in [-0.2, 0) is 0 Å². The second-order valence-electron chi connectivity index (χ2n) is 7.01. The highest BCUT2D eigenvalue weighted by Gasteiger charge is 2.11. The van der Waals surface area contributed by atoms with Gasteiger partial charge in [-0.05, 0) is 53.0 Å². The fourth-order valence-electron chi connectivity index (χ4n) is 3.31. The van der Waals surface area contributed by atoms with Gasteiger partial charge < -0.3 is 18.9 Å². The topological polar surface area (TPSA) is 36.9 Å². The Morgan fingerprint density at radius 3 is 1.42 bits per heavy atom. The molecule has 0 saturated heterocycles. The second kappa shape index (κ2) is 11.7. The van der Waals surface area contributed by atoms with Gasteiger partial charge in [0.2, 0.25) is 0 Å². The summed E-state index contributed by atoms with van der Waals surface area (Å²) in [6.45, 7) is 10.7. The molecule has 4 nitrogen and oxygen atoms in total. The molecule has 4 heteroatoms. The second-order valence-corrected chi connectivity index (χ2v) is 7.01. The van der Waals surface area contributed by atoms with Crippen molar-refractivity contribution in [3.05, 3.63) is 84.0 Å². The summed E-state index contributed by atoms with van der Waals surface area (Å²) in [6, 6.07) is 11.6. The minimum Gasteiger partial charge on any atom is -0.493 e. The highest BCUT2D eigenvalue weighted by molar-refractivity contribution is 5.60. The summed E-state index contributed by atoms with van der Waals surface area (Å²) in [4.78, 5) is 0. The predicted octanol–water partition coefficient (Wildman–Crippen LogP) is 6.59. The van der Waals surface area contributed by atoms with E-state index in [2.05, 4.69) is 20.1 Å². The van der Waals surface area contributed by atoms with Gasteiger partial charge in [0.25, 0.3) is 0 Å². The summed E-state index contributed by atoms with van der Waals surface area (Å²) < 4.78 is 21.3. The summed E-state index contributed by atoms with van der Waals surface area (Å²) in [7, 11) is 6.52. The SMILES string of the molecule is C=C(/C=C/c1ccc(OC)c(OC)c1)C(CC)C(=C)/C=C/c1ccc(OC)c(OC)c1. The largest absolute Gasteiger partial charge is 0.493 e. The molecule has 164 valence electrons. The van der Waals surface area contributed by atoms with E-state index in [1.54, 1.807) is 28.4 Å². The molecule has 0 fully saturated rings. The van der Waals surface area contributed by atoms with Crippen molar-refractivity contribution in [2.75, 3.05) is 28.4 Å². The van der Waals surface area contributed by atoms with Crippen molar-refractivity contribution < 1.29 is 18.9 Å². The smallest absolute Gasteiger partial charge is 0.161 e. The van der Waals surface area contributed by atoms with Crippen LogP contribution < -0.4 is 18.9 Å². The Morgan fingerprint density at radius 2 is 1.10 bits per heavy atom. The van der Waals surface area contributed by atoms with Crippen LogP contribution >= 0.6 is 0 Å². The van der Waals surface area contributed by atoms with E-state index in [-0.39, 0.29) is 5.92 Å². The van der Waals surface area contributed by atoms with Crippen LogP contribution in [0.5, 0.6) is 23.0 Å².